The second-order valence-electron chi connectivity index (χ2n) is 5.35. The van der Waals surface area contributed by atoms with Crippen molar-refractivity contribution in [1.29, 1.82) is 0 Å². The summed E-state index contributed by atoms with van der Waals surface area (Å²) in [6, 6.07) is 9.66. The van der Waals surface area contributed by atoms with Gasteiger partial charge in [0.2, 0.25) is 11.8 Å². The zero-order chi connectivity index (χ0) is 13.9. The van der Waals surface area contributed by atoms with Gasteiger partial charge in [-0.3, -0.25) is 4.90 Å². The quantitative estimate of drug-likeness (QED) is 0.891. The maximum atomic E-state index is 9.74. The third-order valence-electron chi connectivity index (χ3n) is 2.55. The van der Waals surface area contributed by atoms with Crippen LogP contribution in [0, 0.1) is 0 Å². The lowest BCUT2D eigenvalue weighted by Crippen LogP contribution is -2.35. The van der Waals surface area contributed by atoms with Gasteiger partial charge in [0.25, 0.3) is 0 Å². The van der Waals surface area contributed by atoms with Crippen molar-refractivity contribution in [1.82, 2.24) is 15.1 Å². The summed E-state index contributed by atoms with van der Waals surface area (Å²) in [5.41, 5.74) is 0.170. The van der Waals surface area contributed by atoms with Gasteiger partial charge in [-0.2, -0.15) is 0 Å². The molecule has 102 valence electrons. The highest BCUT2D eigenvalue weighted by Crippen LogP contribution is 2.17. The molecule has 0 saturated carbocycles. The number of nitrogens with zero attached hydrogens (tertiary/aromatic N) is 3. The Hall–Kier alpha value is -1.72. The first-order valence-electron chi connectivity index (χ1n) is 6.23. The zero-order valence-electron chi connectivity index (χ0n) is 11.5. The average Bonchev–Trinajstić information content (AvgIpc) is 2.76. The largest absolute Gasteiger partial charge is 0.419 e. The second kappa shape index (κ2) is 5.50. The molecule has 5 heteroatoms. The van der Waals surface area contributed by atoms with Crippen LogP contribution in [0.3, 0.4) is 0 Å². The summed E-state index contributed by atoms with van der Waals surface area (Å²) in [6.45, 7) is 4.60. The van der Waals surface area contributed by atoms with Gasteiger partial charge in [-0.05, 0) is 33.0 Å². The molecule has 0 aliphatic rings. The van der Waals surface area contributed by atoms with E-state index in [0.717, 1.165) is 5.56 Å². The summed E-state index contributed by atoms with van der Waals surface area (Å²) < 4.78 is 5.61. The molecule has 1 heterocycles. The smallest absolute Gasteiger partial charge is 0.247 e. The van der Waals surface area contributed by atoms with E-state index in [-0.39, 0.29) is 0 Å². The molecule has 1 aromatic heterocycles. The molecular weight excluding hydrogens is 242 g/mol. The lowest BCUT2D eigenvalue weighted by molar-refractivity contribution is 0.0403. The van der Waals surface area contributed by atoms with E-state index in [1.165, 1.54) is 0 Å². The molecule has 0 radical (unpaired) electrons. The van der Waals surface area contributed by atoms with Gasteiger partial charge in [-0.15, -0.1) is 10.2 Å². The van der Waals surface area contributed by atoms with Crippen LogP contribution in [0.1, 0.15) is 19.7 Å². The number of likely N-dealkylation sites (N-methyl/N-ethyl adjacent to an activating group) is 1. The minimum absolute atomic E-state index is 0.518. The van der Waals surface area contributed by atoms with Gasteiger partial charge in [0, 0.05) is 12.1 Å². The minimum atomic E-state index is -0.739. The Bertz CT molecular complexity index is 517. The first-order chi connectivity index (χ1) is 8.94. The van der Waals surface area contributed by atoms with Gasteiger partial charge in [0.1, 0.15) is 0 Å². The lowest BCUT2D eigenvalue weighted by atomic mass is 10.1. The van der Waals surface area contributed by atoms with Gasteiger partial charge in [0.15, 0.2) is 0 Å². The second-order valence-corrected chi connectivity index (χ2v) is 5.35. The highest BCUT2D eigenvalue weighted by Gasteiger charge is 2.17. The molecule has 0 aliphatic carbocycles. The molecule has 5 nitrogen and oxygen atoms in total. The molecule has 0 bridgehead atoms. The SMILES string of the molecule is CN(Cc1nnc(-c2ccccc2)o1)CC(C)(C)O. The van der Waals surface area contributed by atoms with Crippen molar-refractivity contribution in [2.24, 2.45) is 0 Å². The fourth-order valence-corrected chi connectivity index (χ4v) is 1.96. The van der Waals surface area contributed by atoms with E-state index in [1.807, 2.05) is 42.3 Å². The highest BCUT2D eigenvalue weighted by atomic mass is 16.4. The minimum Gasteiger partial charge on any atom is -0.419 e. The standard InChI is InChI=1S/C14H19N3O2/c1-14(2,18)10-17(3)9-12-15-16-13(19-12)11-7-5-4-6-8-11/h4-8,18H,9-10H2,1-3H3. The van der Waals surface area contributed by atoms with E-state index in [0.29, 0.717) is 24.9 Å². The van der Waals surface area contributed by atoms with Gasteiger partial charge in [-0.1, -0.05) is 18.2 Å². The molecule has 2 aromatic rings. The van der Waals surface area contributed by atoms with E-state index in [2.05, 4.69) is 10.2 Å². The van der Waals surface area contributed by atoms with Crippen LogP contribution in [-0.4, -0.2) is 39.4 Å². The zero-order valence-corrected chi connectivity index (χ0v) is 11.5. The van der Waals surface area contributed by atoms with Crippen LogP contribution in [0.25, 0.3) is 11.5 Å². The topological polar surface area (TPSA) is 62.4 Å². The van der Waals surface area contributed by atoms with E-state index >= 15 is 0 Å². The van der Waals surface area contributed by atoms with Crippen LogP contribution in [0.4, 0.5) is 0 Å². The van der Waals surface area contributed by atoms with E-state index in [4.69, 9.17) is 4.42 Å². The maximum absolute atomic E-state index is 9.74. The molecule has 0 fully saturated rings. The first kappa shape index (κ1) is 13.7. The van der Waals surface area contributed by atoms with Gasteiger partial charge in [0.05, 0.1) is 12.1 Å². The Kier molecular flexibility index (Phi) is 3.97. The highest BCUT2D eigenvalue weighted by molar-refractivity contribution is 5.51. The van der Waals surface area contributed by atoms with Crippen LogP contribution < -0.4 is 0 Å². The Balaban J connectivity index is 2.02. The van der Waals surface area contributed by atoms with Crippen molar-refractivity contribution in [2.75, 3.05) is 13.6 Å². The van der Waals surface area contributed by atoms with Crippen molar-refractivity contribution < 1.29 is 9.52 Å². The average molecular weight is 261 g/mol. The molecule has 2 rings (SSSR count). The van der Waals surface area contributed by atoms with Crippen LogP contribution in [0.15, 0.2) is 34.7 Å². The van der Waals surface area contributed by atoms with E-state index in [1.54, 1.807) is 13.8 Å². The molecule has 1 N–H and O–H groups in total. The van der Waals surface area contributed by atoms with Gasteiger partial charge < -0.3 is 9.52 Å². The van der Waals surface area contributed by atoms with Crippen molar-refractivity contribution in [3.8, 4) is 11.5 Å². The molecule has 0 aliphatic heterocycles. The number of aromatic nitrogens is 2. The molecule has 0 unspecified atom stereocenters. The summed E-state index contributed by atoms with van der Waals surface area (Å²) in [4.78, 5) is 1.95. The summed E-state index contributed by atoms with van der Waals surface area (Å²) in [5, 5.41) is 17.8. The van der Waals surface area contributed by atoms with E-state index in [9.17, 15) is 5.11 Å². The molecule has 0 spiro atoms. The fraction of sp³-hybridized carbons (Fsp3) is 0.429. The summed E-state index contributed by atoms with van der Waals surface area (Å²) in [7, 11) is 1.91. The van der Waals surface area contributed by atoms with Crippen LogP contribution in [0.2, 0.25) is 0 Å². The predicted octanol–water partition coefficient (Wildman–Crippen LogP) is 1.94. The first-order valence-corrected chi connectivity index (χ1v) is 6.23. The molecular formula is C14H19N3O2. The Morgan fingerprint density at radius 2 is 1.89 bits per heavy atom. The van der Waals surface area contributed by atoms with Gasteiger partial charge in [-0.25, -0.2) is 0 Å². The Morgan fingerprint density at radius 1 is 1.21 bits per heavy atom. The third-order valence-corrected chi connectivity index (χ3v) is 2.55. The Labute approximate surface area is 112 Å². The van der Waals surface area contributed by atoms with Crippen LogP contribution in [-0.2, 0) is 6.54 Å². The lowest BCUT2D eigenvalue weighted by Gasteiger charge is -2.23. The van der Waals surface area contributed by atoms with Crippen molar-refractivity contribution in [3.63, 3.8) is 0 Å². The number of hydrogen-bond donors (Lipinski definition) is 1. The van der Waals surface area contributed by atoms with Crippen LogP contribution in [0.5, 0.6) is 0 Å². The van der Waals surface area contributed by atoms with Gasteiger partial charge >= 0.3 is 0 Å². The molecule has 1 aromatic carbocycles. The summed E-state index contributed by atoms with van der Waals surface area (Å²) in [5.74, 6) is 1.07. The van der Waals surface area contributed by atoms with Crippen LogP contribution >= 0.6 is 0 Å². The molecule has 0 amide bonds. The summed E-state index contributed by atoms with van der Waals surface area (Å²) >= 11 is 0. The van der Waals surface area contributed by atoms with E-state index < -0.39 is 5.60 Å². The monoisotopic (exact) mass is 261 g/mol. The molecule has 0 saturated heterocycles. The number of benzene rings is 1. The molecule has 19 heavy (non-hydrogen) atoms. The number of hydrogen-bond acceptors (Lipinski definition) is 5. The predicted molar refractivity (Wildman–Crippen MR) is 72.4 cm³/mol. The van der Waals surface area contributed by atoms with Crippen molar-refractivity contribution >= 4 is 0 Å². The Morgan fingerprint density at radius 3 is 2.53 bits per heavy atom. The van der Waals surface area contributed by atoms with Crippen molar-refractivity contribution in [2.45, 2.75) is 26.0 Å². The molecule has 0 atom stereocenters. The normalized spacial score (nSPS) is 12.1. The fourth-order valence-electron chi connectivity index (χ4n) is 1.96. The summed E-state index contributed by atoms with van der Waals surface area (Å²) in [6.07, 6.45) is 0. The third kappa shape index (κ3) is 4.15. The van der Waals surface area contributed by atoms with Crippen molar-refractivity contribution in [3.05, 3.63) is 36.2 Å². The number of aliphatic hydroxyl groups is 1. The maximum Gasteiger partial charge on any atom is 0.247 e. The number of rotatable bonds is 5.